The number of esters is 2. The molecule has 3 nitrogen and oxygen atoms in total. The highest BCUT2D eigenvalue weighted by molar-refractivity contribution is 5.96. The number of carbonyl (C=O) groups excluding carboxylic acids is 2. The molecule has 0 aromatic carbocycles. The molecule has 0 saturated carbocycles. The maximum atomic E-state index is 11.6. The molecule has 0 radical (unpaired) electrons. The van der Waals surface area contributed by atoms with E-state index in [-0.39, 0.29) is 29.2 Å². The van der Waals surface area contributed by atoms with Gasteiger partial charge in [-0.25, -0.2) is 0 Å². The summed E-state index contributed by atoms with van der Waals surface area (Å²) in [6.45, 7) is 10.2. The molecule has 0 aliphatic carbocycles. The monoisotopic (exact) mass is 226 g/mol. The zero-order chi connectivity index (χ0) is 12.5. The fraction of sp³-hybridized carbons (Fsp3) is 0.846. The highest BCUT2D eigenvalue weighted by Gasteiger charge is 2.49. The molecule has 1 fully saturated rings. The summed E-state index contributed by atoms with van der Waals surface area (Å²) in [5.74, 6) is -0.644. The minimum atomic E-state index is -0.341. The van der Waals surface area contributed by atoms with Crippen molar-refractivity contribution in [2.24, 2.45) is 23.2 Å². The third kappa shape index (κ3) is 2.83. The van der Waals surface area contributed by atoms with Crippen LogP contribution in [0.4, 0.5) is 0 Å². The van der Waals surface area contributed by atoms with Crippen molar-refractivity contribution in [3.05, 3.63) is 0 Å². The van der Waals surface area contributed by atoms with Crippen LogP contribution in [0.5, 0.6) is 0 Å². The minimum Gasteiger partial charge on any atom is -0.393 e. The fourth-order valence-corrected chi connectivity index (χ4v) is 2.29. The molecule has 1 aliphatic heterocycles. The lowest BCUT2D eigenvalue weighted by Crippen LogP contribution is -2.31. The molecular weight excluding hydrogens is 204 g/mol. The van der Waals surface area contributed by atoms with Gasteiger partial charge in [0.25, 0.3) is 0 Å². The molecule has 0 aromatic heterocycles. The van der Waals surface area contributed by atoms with Crippen LogP contribution in [0.3, 0.4) is 0 Å². The fourth-order valence-electron chi connectivity index (χ4n) is 2.29. The third-order valence-corrected chi connectivity index (χ3v) is 3.15. The van der Waals surface area contributed by atoms with E-state index in [1.807, 2.05) is 20.8 Å². The standard InChI is InChI=1S/C13H22O3/c1-8(2)6-7-9-10(13(3,4)5)12(15)16-11(9)14/h8-10H,6-7H2,1-5H3. The molecule has 2 unspecified atom stereocenters. The normalized spacial score (nSPS) is 26.4. The predicted octanol–water partition coefficient (Wildman–Crippen LogP) is 2.78. The van der Waals surface area contributed by atoms with Crippen LogP contribution in [0.15, 0.2) is 0 Å². The van der Waals surface area contributed by atoms with Gasteiger partial charge in [-0.15, -0.1) is 0 Å². The molecule has 0 bridgehead atoms. The molecule has 0 amide bonds. The van der Waals surface area contributed by atoms with E-state index in [0.717, 1.165) is 12.8 Å². The van der Waals surface area contributed by atoms with Crippen LogP contribution in [0, 0.1) is 23.2 Å². The summed E-state index contributed by atoms with van der Waals surface area (Å²) in [6, 6.07) is 0. The Morgan fingerprint density at radius 1 is 1.19 bits per heavy atom. The van der Waals surface area contributed by atoms with E-state index in [0.29, 0.717) is 5.92 Å². The smallest absolute Gasteiger partial charge is 0.318 e. The van der Waals surface area contributed by atoms with Gasteiger partial charge in [0.2, 0.25) is 0 Å². The van der Waals surface area contributed by atoms with Gasteiger partial charge in [0.15, 0.2) is 0 Å². The van der Waals surface area contributed by atoms with Crippen LogP contribution in [-0.2, 0) is 14.3 Å². The summed E-state index contributed by atoms with van der Waals surface area (Å²) < 4.78 is 4.77. The summed E-state index contributed by atoms with van der Waals surface area (Å²) in [6.07, 6.45) is 1.71. The Bertz CT molecular complexity index is 286. The lowest BCUT2D eigenvalue weighted by molar-refractivity contribution is -0.154. The van der Waals surface area contributed by atoms with Crippen LogP contribution < -0.4 is 0 Å². The molecule has 0 spiro atoms. The quantitative estimate of drug-likeness (QED) is 0.549. The van der Waals surface area contributed by atoms with Crippen molar-refractivity contribution < 1.29 is 14.3 Å². The van der Waals surface area contributed by atoms with Gasteiger partial charge in [-0.05, 0) is 17.8 Å². The van der Waals surface area contributed by atoms with Crippen molar-refractivity contribution in [2.45, 2.75) is 47.5 Å². The zero-order valence-corrected chi connectivity index (χ0v) is 10.9. The van der Waals surface area contributed by atoms with Crippen molar-refractivity contribution in [1.82, 2.24) is 0 Å². The van der Waals surface area contributed by atoms with Gasteiger partial charge in [0.1, 0.15) is 0 Å². The van der Waals surface area contributed by atoms with Crippen LogP contribution in [0.2, 0.25) is 0 Å². The minimum absolute atomic E-state index is 0.203. The van der Waals surface area contributed by atoms with E-state index in [9.17, 15) is 9.59 Å². The second-order valence-corrected chi connectivity index (χ2v) is 6.16. The molecule has 16 heavy (non-hydrogen) atoms. The average molecular weight is 226 g/mol. The van der Waals surface area contributed by atoms with Gasteiger partial charge in [-0.3, -0.25) is 9.59 Å². The van der Waals surface area contributed by atoms with Crippen molar-refractivity contribution >= 4 is 11.9 Å². The van der Waals surface area contributed by atoms with Crippen LogP contribution >= 0.6 is 0 Å². The van der Waals surface area contributed by atoms with E-state index in [4.69, 9.17) is 4.74 Å². The largest absolute Gasteiger partial charge is 0.393 e. The Kier molecular flexibility index (Phi) is 3.76. The highest BCUT2D eigenvalue weighted by Crippen LogP contribution is 2.40. The van der Waals surface area contributed by atoms with Gasteiger partial charge in [-0.2, -0.15) is 0 Å². The lowest BCUT2D eigenvalue weighted by atomic mass is 9.72. The van der Waals surface area contributed by atoms with Gasteiger partial charge in [0.05, 0.1) is 11.8 Å². The molecular formula is C13H22O3. The molecule has 0 aromatic rings. The summed E-state index contributed by atoms with van der Waals surface area (Å²) in [4.78, 5) is 23.3. The van der Waals surface area contributed by atoms with Crippen LogP contribution in [0.1, 0.15) is 47.5 Å². The van der Waals surface area contributed by atoms with E-state index < -0.39 is 0 Å². The molecule has 1 saturated heterocycles. The van der Waals surface area contributed by atoms with Gasteiger partial charge >= 0.3 is 11.9 Å². The molecule has 0 N–H and O–H groups in total. The predicted molar refractivity (Wildman–Crippen MR) is 61.6 cm³/mol. The third-order valence-electron chi connectivity index (χ3n) is 3.15. The molecule has 1 rings (SSSR count). The Hall–Kier alpha value is -0.860. The summed E-state index contributed by atoms with van der Waals surface area (Å²) in [7, 11) is 0. The number of carbonyl (C=O) groups is 2. The topological polar surface area (TPSA) is 43.4 Å². The van der Waals surface area contributed by atoms with Gasteiger partial charge in [-0.1, -0.05) is 41.0 Å². The zero-order valence-electron chi connectivity index (χ0n) is 10.9. The van der Waals surface area contributed by atoms with Crippen molar-refractivity contribution in [3.8, 4) is 0 Å². The van der Waals surface area contributed by atoms with Gasteiger partial charge < -0.3 is 4.74 Å². The first-order chi connectivity index (χ1) is 7.23. The second kappa shape index (κ2) is 4.56. The first kappa shape index (κ1) is 13.2. The maximum absolute atomic E-state index is 11.6. The number of cyclic esters (lactones) is 2. The number of hydrogen-bond donors (Lipinski definition) is 0. The van der Waals surface area contributed by atoms with Crippen molar-refractivity contribution in [2.75, 3.05) is 0 Å². The molecule has 1 aliphatic rings. The van der Waals surface area contributed by atoms with Crippen LogP contribution in [-0.4, -0.2) is 11.9 Å². The Morgan fingerprint density at radius 3 is 2.19 bits per heavy atom. The Balaban J connectivity index is 2.78. The summed E-state index contributed by atoms with van der Waals surface area (Å²) in [5.41, 5.74) is -0.203. The molecule has 92 valence electrons. The summed E-state index contributed by atoms with van der Waals surface area (Å²) >= 11 is 0. The molecule has 1 heterocycles. The molecule has 3 heteroatoms. The SMILES string of the molecule is CC(C)CCC1C(=O)OC(=O)C1C(C)(C)C. The first-order valence-electron chi connectivity index (χ1n) is 5.99. The highest BCUT2D eigenvalue weighted by atomic mass is 16.6. The van der Waals surface area contributed by atoms with Crippen molar-refractivity contribution in [3.63, 3.8) is 0 Å². The molecule has 2 atom stereocenters. The van der Waals surface area contributed by atoms with Gasteiger partial charge in [0, 0.05) is 0 Å². The number of rotatable bonds is 3. The van der Waals surface area contributed by atoms with Crippen molar-refractivity contribution in [1.29, 1.82) is 0 Å². The first-order valence-corrected chi connectivity index (χ1v) is 5.99. The maximum Gasteiger partial charge on any atom is 0.318 e. The van der Waals surface area contributed by atoms with E-state index in [2.05, 4.69) is 13.8 Å². The average Bonchev–Trinajstić information content (AvgIpc) is 2.36. The Labute approximate surface area is 97.5 Å². The number of ether oxygens (including phenoxy) is 1. The lowest BCUT2D eigenvalue weighted by Gasteiger charge is -2.27. The van der Waals surface area contributed by atoms with E-state index >= 15 is 0 Å². The number of hydrogen-bond acceptors (Lipinski definition) is 3. The Morgan fingerprint density at radius 2 is 1.75 bits per heavy atom. The van der Waals surface area contributed by atoms with E-state index in [1.165, 1.54) is 0 Å². The second-order valence-electron chi connectivity index (χ2n) is 6.16. The van der Waals surface area contributed by atoms with E-state index in [1.54, 1.807) is 0 Å². The summed E-state index contributed by atoms with van der Waals surface area (Å²) in [5, 5.41) is 0. The van der Waals surface area contributed by atoms with Crippen LogP contribution in [0.25, 0.3) is 0 Å².